The van der Waals surface area contributed by atoms with Gasteiger partial charge in [0.15, 0.2) is 5.52 Å². The maximum absolute atomic E-state index is 14.0. The number of hydrogen-bond donors (Lipinski definition) is 1. The molecule has 0 radical (unpaired) electrons. The van der Waals surface area contributed by atoms with E-state index in [1.54, 1.807) is 6.07 Å². The van der Waals surface area contributed by atoms with E-state index in [9.17, 15) is 19.3 Å². The van der Waals surface area contributed by atoms with Crippen LogP contribution < -0.4 is 10.6 Å². The number of aromatic nitrogens is 2. The minimum atomic E-state index is -0.590. The molecule has 1 amide bonds. The molecule has 2 N–H and O–H groups in total. The number of rotatable bonds is 7. The Bertz CT molecular complexity index is 1170. The highest BCUT2D eigenvalue weighted by Gasteiger charge is 2.33. The highest BCUT2D eigenvalue weighted by Crippen LogP contribution is 2.47. The molecule has 0 atom stereocenters. The van der Waals surface area contributed by atoms with Gasteiger partial charge < -0.3 is 5.73 Å². The Morgan fingerprint density at radius 1 is 1.26 bits per heavy atom. The molecule has 1 saturated carbocycles. The number of nitrogens with zero attached hydrogens (tertiary/aromatic N) is 4. The van der Waals surface area contributed by atoms with Crippen LogP contribution in [0.15, 0.2) is 35.0 Å². The number of nitrogens with two attached hydrogens (primary N) is 1. The van der Waals surface area contributed by atoms with Crippen LogP contribution in [-0.2, 0) is 4.79 Å². The Labute approximate surface area is 177 Å². The molecule has 31 heavy (non-hydrogen) atoms. The number of carbonyl (C=O) groups is 1. The van der Waals surface area contributed by atoms with Crippen molar-refractivity contribution in [2.24, 2.45) is 5.73 Å². The van der Waals surface area contributed by atoms with E-state index in [0.717, 1.165) is 12.8 Å². The molecule has 10 heteroatoms. The van der Waals surface area contributed by atoms with Crippen molar-refractivity contribution in [3.63, 3.8) is 0 Å². The van der Waals surface area contributed by atoms with Crippen LogP contribution in [0.5, 0.6) is 0 Å². The van der Waals surface area contributed by atoms with E-state index in [1.165, 1.54) is 29.2 Å². The van der Waals surface area contributed by atoms with Gasteiger partial charge in [-0.25, -0.2) is 9.02 Å². The third-order valence-corrected chi connectivity index (χ3v) is 5.29. The fraction of sp³-hybridized carbons (Fsp3) is 0.381. The van der Waals surface area contributed by atoms with E-state index in [-0.39, 0.29) is 40.7 Å². The first kappa shape index (κ1) is 20.9. The summed E-state index contributed by atoms with van der Waals surface area (Å²) < 4.78 is 18.8. The predicted molar refractivity (Wildman–Crippen MR) is 111 cm³/mol. The number of nitro groups is 1. The number of non-ortho nitro benzene ring substituents is 1. The maximum Gasteiger partial charge on any atom is 0.300 e. The molecule has 4 rings (SSSR count). The van der Waals surface area contributed by atoms with E-state index >= 15 is 0 Å². The SMILES string of the molecule is CC(C)(N)CCC(=O)N(c1ccc(F)cc1C1CC1)c1ccc([N+](=O)[O-])c2nonc12. The number of anilines is 2. The molecule has 1 aliphatic rings. The van der Waals surface area contributed by atoms with E-state index in [4.69, 9.17) is 10.4 Å². The van der Waals surface area contributed by atoms with Crippen LogP contribution in [0.25, 0.3) is 11.0 Å². The van der Waals surface area contributed by atoms with Crippen molar-refractivity contribution < 1.29 is 18.7 Å². The molecule has 0 spiro atoms. The second-order valence-corrected chi connectivity index (χ2v) is 8.52. The number of carbonyl (C=O) groups excluding carboxylic acids is 1. The van der Waals surface area contributed by atoms with Crippen LogP contribution >= 0.6 is 0 Å². The van der Waals surface area contributed by atoms with Gasteiger partial charge in [0.25, 0.3) is 0 Å². The fourth-order valence-electron chi connectivity index (χ4n) is 3.56. The number of hydrogen-bond acceptors (Lipinski definition) is 7. The van der Waals surface area contributed by atoms with Crippen molar-refractivity contribution in [2.45, 2.75) is 51.0 Å². The molecular formula is C21H22FN5O4. The van der Waals surface area contributed by atoms with Gasteiger partial charge in [-0.05, 0) is 79.2 Å². The summed E-state index contributed by atoms with van der Waals surface area (Å²) in [5.41, 5.74) is 6.76. The molecule has 9 nitrogen and oxygen atoms in total. The minimum Gasteiger partial charge on any atom is -0.326 e. The molecule has 162 valence electrons. The molecule has 1 aromatic heterocycles. The summed E-state index contributed by atoms with van der Waals surface area (Å²) in [4.78, 5) is 25.6. The molecule has 3 aromatic rings. The third-order valence-electron chi connectivity index (χ3n) is 5.29. The maximum atomic E-state index is 14.0. The zero-order valence-corrected chi connectivity index (χ0v) is 17.2. The number of fused-ring (bicyclic) bond motifs is 1. The molecule has 2 aromatic carbocycles. The van der Waals surface area contributed by atoms with Gasteiger partial charge >= 0.3 is 5.69 Å². The number of halogens is 1. The average Bonchev–Trinajstić information content (AvgIpc) is 3.43. The van der Waals surface area contributed by atoms with E-state index < -0.39 is 16.3 Å². The molecule has 0 unspecified atom stereocenters. The summed E-state index contributed by atoms with van der Waals surface area (Å²) in [5, 5.41) is 18.8. The first-order valence-corrected chi connectivity index (χ1v) is 9.96. The van der Waals surface area contributed by atoms with Crippen LogP contribution in [0.3, 0.4) is 0 Å². The molecule has 0 saturated heterocycles. The van der Waals surface area contributed by atoms with Crippen LogP contribution in [0.4, 0.5) is 21.5 Å². The van der Waals surface area contributed by atoms with Gasteiger partial charge in [0.2, 0.25) is 11.4 Å². The summed E-state index contributed by atoms with van der Waals surface area (Å²) in [6, 6.07) is 6.97. The highest BCUT2D eigenvalue weighted by atomic mass is 19.1. The van der Waals surface area contributed by atoms with Crippen LogP contribution in [-0.4, -0.2) is 26.7 Å². The quantitative estimate of drug-likeness (QED) is 0.439. The van der Waals surface area contributed by atoms with Gasteiger partial charge in [-0.3, -0.25) is 19.8 Å². The Balaban J connectivity index is 1.88. The van der Waals surface area contributed by atoms with Crippen molar-refractivity contribution in [3.05, 3.63) is 51.8 Å². The van der Waals surface area contributed by atoms with Gasteiger partial charge in [0.05, 0.1) is 16.3 Å². The molecule has 0 aliphatic heterocycles. The second-order valence-electron chi connectivity index (χ2n) is 8.52. The highest BCUT2D eigenvalue weighted by molar-refractivity contribution is 6.08. The normalized spacial score (nSPS) is 14.1. The smallest absolute Gasteiger partial charge is 0.300 e. The Kier molecular flexibility index (Phi) is 5.18. The number of amides is 1. The summed E-state index contributed by atoms with van der Waals surface area (Å²) >= 11 is 0. The third kappa shape index (κ3) is 4.24. The Hall–Kier alpha value is -3.40. The zero-order valence-electron chi connectivity index (χ0n) is 17.2. The van der Waals surface area contributed by atoms with E-state index in [0.29, 0.717) is 17.7 Å². The summed E-state index contributed by atoms with van der Waals surface area (Å²) in [6.07, 6.45) is 2.33. The van der Waals surface area contributed by atoms with Gasteiger partial charge in [-0.2, -0.15) is 0 Å². The lowest BCUT2D eigenvalue weighted by molar-refractivity contribution is -0.383. The summed E-state index contributed by atoms with van der Waals surface area (Å²) in [5.74, 6) is -0.529. The number of benzene rings is 2. The second kappa shape index (κ2) is 7.69. The van der Waals surface area contributed by atoms with Crippen LogP contribution in [0.2, 0.25) is 0 Å². The molecule has 0 bridgehead atoms. The molecule has 1 fully saturated rings. The van der Waals surface area contributed by atoms with E-state index in [1.807, 2.05) is 13.8 Å². The standard InChI is InChI=1S/C21H22FN5O4/c1-21(2,23)10-9-18(28)26(15-6-5-13(22)11-14(15)12-3-4-12)16-7-8-17(27(29)30)20-19(16)24-31-25-20/h5-8,11-12H,3-4,9-10,23H2,1-2H3. The lowest BCUT2D eigenvalue weighted by atomic mass is 9.98. The molecule has 1 aliphatic carbocycles. The Morgan fingerprint density at radius 3 is 2.58 bits per heavy atom. The van der Waals surface area contributed by atoms with Crippen molar-refractivity contribution in [3.8, 4) is 0 Å². The first-order valence-electron chi connectivity index (χ1n) is 9.96. The lowest BCUT2D eigenvalue weighted by Gasteiger charge is -2.27. The fourth-order valence-corrected chi connectivity index (χ4v) is 3.56. The van der Waals surface area contributed by atoms with Gasteiger partial charge in [-0.15, -0.1) is 0 Å². The van der Waals surface area contributed by atoms with Crippen molar-refractivity contribution in [2.75, 3.05) is 4.90 Å². The first-order chi connectivity index (χ1) is 14.7. The lowest BCUT2D eigenvalue weighted by Crippen LogP contribution is -2.35. The monoisotopic (exact) mass is 427 g/mol. The van der Waals surface area contributed by atoms with Crippen molar-refractivity contribution >= 4 is 34.0 Å². The van der Waals surface area contributed by atoms with Gasteiger partial charge in [-0.1, -0.05) is 0 Å². The molecular weight excluding hydrogens is 405 g/mol. The number of nitro benzene ring substituents is 1. The van der Waals surface area contributed by atoms with Gasteiger partial charge in [0, 0.05) is 18.0 Å². The van der Waals surface area contributed by atoms with Crippen molar-refractivity contribution in [1.82, 2.24) is 10.3 Å². The average molecular weight is 427 g/mol. The molecule has 1 heterocycles. The van der Waals surface area contributed by atoms with E-state index in [2.05, 4.69) is 10.3 Å². The predicted octanol–water partition coefficient (Wildman–Crippen LogP) is 4.33. The van der Waals surface area contributed by atoms with Crippen LogP contribution in [0, 0.1) is 15.9 Å². The summed E-state index contributed by atoms with van der Waals surface area (Å²) in [6.45, 7) is 3.65. The Morgan fingerprint density at radius 2 is 1.94 bits per heavy atom. The largest absolute Gasteiger partial charge is 0.326 e. The minimum absolute atomic E-state index is 0.0606. The topological polar surface area (TPSA) is 128 Å². The summed E-state index contributed by atoms with van der Waals surface area (Å²) in [7, 11) is 0. The van der Waals surface area contributed by atoms with Crippen LogP contribution in [0.1, 0.15) is 51.0 Å². The zero-order chi connectivity index (χ0) is 22.3. The van der Waals surface area contributed by atoms with Gasteiger partial charge in [0.1, 0.15) is 5.82 Å². The van der Waals surface area contributed by atoms with Crippen molar-refractivity contribution in [1.29, 1.82) is 0 Å².